The van der Waals surface area contributed by atoms with E-state index in [2.05, 4.69) is 27.9 Å². The molecule has 4 rings (SSSR count). The molecule has 0 unspecified atom stereocenters. The monoisotopic (exact) mass is 341 g/mol. The van der Waals surface area contributed by atoms with Gasteiger partial charge in [0.2, 0.25) is 11.9 Å². The smallest absolute Gasteiger partial charge is 0.222 e. The Kier molecular flexibility index (Phi) is 4.61. The molecular formula is C19H27N5O. The number of hydrogen-bond acceptors (Lipinski definition) is 4. The zero-order chi connectivity index (χ0) is 17.2. The number of rotatable bonds is 3. The first-order valence-electron chi connectivity index (χ1n) is 9.35. The van der Waals surface area contributed by atoms with Crippen molar-refractivity contribution in [3.05, 3.63) is 24.3 Å². The fourth-order valence-corrected chi connectivity index (χ4v) is 3.87. The molecule has 0 spiro atoms. The molecule has 2 saturated heterocycles. The van der Waals surface area contributed by atoms with Crippen molar-refractivity contribution in [2.45, 2.75) is 19.3 Å². The molecule has 1 amide bonds. The molecule has 2 aliphatic rings. The van der Waals surface area contributed by atoms with Crippen LogP contribution in [0.3, 0.4) is 0 Å². The third kappa shape index (κ3) is 3.63. The zero-order valence-electron chi connectivity index (χ0n) is 14.9. The summed E-state index contributed by atoms with van der Waals surface area (Å²) in [5.74, 6) is 1.81. The van der Waals surface area contributed by atoms with Gasteiger partial charge < -0.3 is 19.7 Å². The Morgan fingerprint density at radius 2 is 1.84 bits per heavy atom. The van der Waals surface area contributed by atoms with Crippen molar-refractivity contribution in [1.82, 2.24) is 19.8 Å². The minimum Gasteiger partial charge on any atom is -0.342 e. The third-order valence-electron chi connectivity index (χ3n) is 5.61. The van der Waals surface area contributed by atoms with Gasteiger partial charge in [-0.25, -0.2) is 4.98 Å². The minimum atomic E-state index is 0.343. The number of amides is 1. The van der Waals surface area contributed by atoms with Crippen LogP contribution in [0.5, 0.6) is 0 Å². The van der Waals surface area contributed by atoms with Crippen molar-refractivity contribution in [3.63, 3.8) is 0 Å². The number of aromatic nitrogens is 2. The summed E-state index contributed by atoms with van der Waals surface area (Å²) in [7, 11) is 2.12. The number of piperidine rings is 1. The number of carbonyl (C=O) groups is 1. The lowest BCUT2D eigenvalue weighted by Crippen LogP contribution is -2.47. The van der Waals surface area contributed by atoms with Crippen LogP contribution >= 0.6 is 0 Å². The van der Waals surface area contributed by atoms with Crippen LogP contribution in [0.4, 0.5) is 5.95 Å². The van der Waals surface area contributed by atoms with Gasteiger partial charge in [0, 0.05) is 45.7 Å². The van der Waals surface area contributed by atoms with E-state index in [1.807, 2.05) is 23.1 Å². The number of piperazine rings is 1. The van der Waals surface area contributed by atoms with Crippen LogP contribution < -0.4 is 4.90 Å². The average molecular weight is 341 g/mol. The minimum absolute atomic E-state index is 0.343. The molecule has 0 atom stereocenters. The van der Waals surface area contributed by atoms with Crippen molar-refractivity contribution in [3.8, 4) is 0 Å². The Morgan fingerprint density at radius 3 is 2.56 bits per heavy atom. The molecule has 25 heavy (non-hydrogen) atoms. The highest BCUT2D eigenvalue weighted by Crippen LogP contribution is 2.26. The fraction of sp³-hybridized carbons (Fsp3) is 0.579. The van der Waals surface area contributed by atoms with Crippen molar-refractivity contribution < 1.29 is 4.79 Å². The molecule has 0 saturated carbocycles. The fourth-order valence-electron chi connectivity index (χ4n) is 3.87. The van der Waals surface area contributed by atoms with Crippen LogP contribution in [0.1, 0.15) is 19.3 Å². The molecule has 2 aliphatic heterocycles. The molecule has 0 aliphatic carbocycles. The molecule has 0 bridgehead atoms. The Balaban J connectivity index is 1.30. The number of H-pyrrole nitrogens is 1. The largest absolute Gasteiger partial charge is 0.342 e. The van der Waals surface area contributed by atoms with E-state index >= 15 is 0 Å². The van der Waals surface area contributed by atoms with E-state index in [0.717, 1.165) is 69.1 Å². The van der Waals surface area contributed by atoms with E-state index in [4.69, 9.17) is 4.98 Å². The number of fused-ring (bicyclic) bond motifs is 1. The van der Waals surface area contributed by atoms with Crippen molar-refractivity contribution in [1.29, 1.82) is 0 Å². The van der Waals surface area contributed by atoms with Crippen LogP contribution in [0.25, 0.3) is 11.0 Å². The van der Waals surface area contributed by atoms with Gasteiger partial charge >= 0.3 is 0 Å². The Morgan fingerprint density at radius 1 is 1.12 bits per heavy atom. The van der Waals surface area contributed by atoms with Crippen LogP contribution in [0.15, 0.2) is 24.3 Å². The van der Waals surface area contributed by atoms with Gasteiger partial charge in [-0.1, -0.05) is 12.1 Å². The molecule has 1 aromatic heterocycles. The molecule has 134 valence electrons. The van der Waals surface area contributed by atoms with Gasteiger partial charge in [0.25, 0.3) is 0 Å². The number of nitrogens with zero attached hydrogens (tertiary/aromatic N) is 4. The van der Waals surface area contributed by atoms with Crippen LogP contribution in [0, 0.1) is 5.92 Å². The lowest BCUT2D eigenvalue weighted by Gasteiger charge is -2.35. The van der Waals surface area contributed by atoms with Gasteiger partial charge in [0.05, 0.1) is 11.0 Å². The van der Waals surface area contributed by atoms with E-state index in [1.54, 1.807) is 0 Å². The van der Waals surface area contributed by atoms with Gasteiger partial charge in [0.15, 0.2) is 0 Å². The Bertz CT molecular complexity index is 693. The number of anilines is 1. The molecule has 1 N–H and O–H groups in total. The lowest BCUT2D eigenvalue weighted by atomic mass is 9.93. The molecule has 1 aromatic carbocycles. The van der Waals surface area contributed by atoms with E-state index in [9.17, 15) is 4.79 Å². The maximum Gasteiger partial charge on any atom is 0.222 e. The quantitative estimate of drug-likeness (QED) is 0.927. The Labute approximate surface area is 148 Å². The average Bonchev–Trinajstić information content (AvgIpc) is 3.07. The lowest BCUT2D eigenvalue weighted by molar-refractivity contribution is -0.133. The molecule has 6 nitrogen and oxygen atoms in total. The number of aromatic amines is 1. The second kappa shape index (κ2) is 7.04. The number of benzene rings is 1. The first kappa shape index (κ1) is 16.4. The van der Waals surface area contributed by atoms with Crippen LogP contribution in [-0.4, -0.2) is 72.0 Å². The van der Waals surface area contributed by atoms with Crippen LogP contribution in [0.2, 0.25) is 0 Å². The second-order valence-electron chi connectivity index (χ2n) is 7.40. The van der Waals surface area contributed by atoms with E-state index in [0.29, 0.717) is 18.2 Å². The molecule has 3 heterocycles. The van der Waals surface area contributed by atoms with Gasteiger partial charge in [-0.15, -0.1) is 0 Å². The summed E-state index contributed by atoms with van der Waals surface area (Å²) in [6.45, 7) is 5.70. The number of hydrogen-bond donors (Lipinski definition) is 1. The standard InChI is InChI=1S/C19H27N5O/c1-22-10-12-23(13-11-22)18(25)14-15-6-8-24(9-7-15)19-20-16-4-2-3-5-17(16)21-19/h2-5,15H,6-14H2,1H3,(H,20,21). The number of imidazole rings is 1. The highest BCUT2D eigenvalue weighted by atomic mass is 16.2. The van der Waals surface area contributed by atoms with E-state index < -0.39 is 0 Å². The summed E-state index contributed by atoms with van der Waals surface area (Å²) in [5.41, 5.74) is 2.11. The maximum absolute atomic E-state index is 12.5. The molecule has 2 aromatic rings. The predicted molar refractivity (Wildman–Crippen MR) is 99.7 cm³/mol. The summed E-state index contributed by atoms with van der Waals surface area (Å²) in [5, 5.41) is 0. The summed E-state index contributed by atoms with van der Waals surface area (Å²) in [6, 6.07) is 8.15. The first-order valence-corrected chi connectivity index (χ1v) is 9.35. The van der Waals surface area contributed by atoms with Gasteiger partial charge in [-0.05, 0) is 37.9 Å². The number of carbonyl (C=O) groups excluding carboxylic acids is 1. The number of likely N-dealkylation sites (N-methyl/N-ethyl adjacent to an activating group) is 1. The summed E-state index contributed by atoms with van der Waals surface area (Å²) < 4.78 is 0. The van der Waals surface area contributed by atoms with Gasteiger partial charge in [0.1, 0.15) is 0 Å². The topological polar surface area (TPSA) is 55.5 Å². The summed E-state index contributed by atoms with van der Waals surface area (Å²) >= 11 is 0. The normalized spacial score (nSPS) is 20.4. The number of para-hydroxylation sites is 2. The van der Waals surface area contributed by atoms with Gasteiger partial charge in [-0.2, -0.15) is 0 Å². The SMILES string of the molecule is CN1CCN(C(=O)CC2CCN(c3nc4ccccc4[nH]3)CC2)CC1. The maximum atomic E-state index is 12.5. The molecule has 6 heteroatoms. The number of nitrogens with one attached hydrogen (secondary N) is 1. The van der Waals surface area contributed by atoms with Gasteiger partial charge in [-0.3, -0.25) is 4.79 Å². The van der Waals surface area contributed by atoms with Crippen molar-refractivity contribution >= 4 is 22.9 Å². The van der Waals surface area contributed by atoms with E-state index in [-0.39, 0.29) is 0 Å². The van der Waals surface area contributed by atoms with Crippen LogP contribution in [-0.2, 0) is 4.79 Å². The van der Waals surface area contributed by atoms with Crippen molar-refractivity contribution in [2.24, 2.45) is 5.92 Å². The summed E-state index contributed by atoms with van der Waals surface area (Å²) in [4.78, 5) is 27.3. The predicted octanol–water partition coefficient (Wildman–Crippen LogP) is 1.94. The highest BCUT2D eigenvalue weighted by Gasteiger charge is 2.26. The third-order valence-corrected chi connectivity index (χ3v) is 5.61. The van der Waals surface area contributed by atoms with Crippen molar-refractivity contribution in [2.75, 3.05) is 51.2 Å². The zero-order valence-corrected chi connectivity index (χ0v) is 14.9. The Hall–Kier alpha value is -2.08. The summed E-state index contributed by atoms with van der Waals surface area (Å²) in [6.07, 6.45) is 2.84. The van der Waals surface area contributed by atoms with E-state index in [1.165, 1.54) is 0 Å². The molecule has 0 radical (unpaired) electrons. The molecular weight excluding hydrogens is 314 g/mol. The first-order chi connectivity index (χ1) is 12.2. The highest BCUT2D eigenvalue weighted by molar-refractivity contribution is 5.78. The second-order valence-corrected chi connectivity index (χ2v) is 7.40. The molecule has 2 fully saturated rings.